The molecule has 1 amide bonds. The number of aromatic carboxylic acids is 1. The van der Waals surface area contributed by atoms with E-state index in [1.165, 1.54) is 31.2 Å². The lowest BCUT2D eigenvalue weighted by molar-refractivity contribution is -0.119. The Balaban J connectivity index is 2.53. The van der Waals surface area contributed by atoms with Crippen LogP contribution < -0.4 is 5.32 Å². The smallest absolute Gasteiger partial charge is 0.375 e. The summed E-state index contributed by atoms with van der Waals surface area (Å²) in [5.74, 6) is -2.37. The molecule has 0 aliphatic rings. The van der Waals surface area contributed by atoms with E-state index in [0.717, 1.165) is 0 Å². The summed E-state index contributed by atoms with van der Waals surface area (Å²) >= 11 is 0. The monoisotopic (exact) mass is 292 g/mol. The van der Waals surface area contributed by atoms with Gasteiger partial charge in [0.25, 0.3) is 0 Å². The van der Waals surface area contributed by atoms with Crippen LogP contribution in [0.3, 0.4) is 0 Å². The van der Waals surface area contributed by atoms with E-state index in [4.69, 9.17) is 9.63 Å². The molecule has 0 aliphatic carbocycles. The molecule has 0 spiro atoms. The van der Waals surface area contributed by atoms with Gasteiger partial charge in [0.15, 0.2) is 0 Å². The number of carboxylic acids is 1. The fraction of sp³-hybridized carbons (Fsp3) is 0.214. The highest BCUT2D eigenvalue weighted by Gasteiger charge is 2.27. The summed E-state index contributed by atoms with van der Waals surface area (Å²) in [5, 5.41) is 15.5. The van der Waals surface area contributed by atoms with Gasteiger partial charge in [-0.2, -0.15) is 0 Å². The zero-order chi connectivity index (χ0) is 15.6. The lowest BCUT2D eigenvalue weighted by atomic mass is 10.0. The van der Waals surface area contributed by atoms with Gasteiger partial charge in [-0.25, -0.2) is 9.18 Å². The lowest BCUT2D eigenvalue weighted by Crippen LogP contribution is -2.25. The van der Waals surface area contributed by atoms with Gasteiger partial charge in [-0.05, 0) is 31.2 Å². The Bertz CT molecular complexity index is 679. The molecule has 2 N–H and O–H groups in total. The van der Waals surface area contributed by atoms with Crippen LogP contribution in [0.2, 0.25) is 0 Å². The Morgan fingerprint density at radius 3 is 2.48 bits per heavy atom. The number of carbonyl (C=O) groups is 2. The van der Waals surface area contributed by atoms with Crippen molar-refractivity contribution in [3.05, 3.63) is 41.4 Å². The van der Waals surface area contributed by atoms with Gasteiger partial charge >= 0.3 is 5.97 Å². The molecule has 2 aromatic rings. The SMILES string of the molecule is CC(=O)N[C@H](C)c1c(-c2ccc(F)cc2)noc1C(=O)O. The molecule has 1 aromatic carbocycles. The number of carboxylic acid groups (broad SMARTS) is 1. The van der Waals surface area contributed by atoms with Crippen LogP contribution in [0.1, 0.15) is 36.0 Å². The van der Waals surface area contributed by atoms with Crippen LogP contribution in [-0.4, -0.2) is 22.1 Å². The summed E-state index contributed by atoms with van der Waals surface area (Å²) in [6, 6.07) is 4.78. The van der Waals surface area contributed by atoms with Crippen molar-refractivity contribution >= 4 is 11.9 Å². The highest BCUT2D eigenvalue weighted by molar-refractivity contribution is 5.89. The number of nitrogens with one attached hydrogen (secondary N) is 1. The Morgan fingerprint density at radius 1 is 1.33 bits per heavy atom. The molecule has 2 rings (SSSR count). The second-order valence-electron chi connectivity index (χ2n) is 4.51. The van der Waals surface area contributed by atoms with Crippen molar-refractivity contribution in [1.82, 2.24) is 10.5 Å². The summed E-state index contributed by atoms with van der Waals surface area (Å²) in [6.07, 6.45) is 0. The van der Waals surface area contributed by atoms with Crippen molar-refractivity contribution in [1.29, 1.82) is 0 Å². The number of carbonyl (C=O) groups excluding carboxylic acids is 1. The Labute approximate surface area is 119 Å². The van der Waals surface area contributed by atoms with E-state index in [0.29, 0.717) is 5.56 Å². The summed E-state index contributed by atoms with van der Waals surface area (Å²) in [7, 11) is 0. The normalized spacial score (nSPS) is 12.0. The van der Waals surface area contributed by atoms with Gasteiger partial charge in [0.05, 0.1) is 11.6 Å². The Kier molecular flexibility index (Phi) is 4.02. The first-order chi connectivity index (χ1) is 9.90. The van der Waals surface area contributed by atoms with Crippen LogP contribution in [0.15, 0.2) is 28.8 Å². The van der Waals surface area contributed by atoms with Crippen LogP contribution in [0.4, 0.5) is 4.39 Å². The van der Waals surface area contributed by atoms with E-state index in [-0.39, 0.29) is 22.9 Å². The number of hydrogen-bond acceptors (Lipinski definition) is 4. The zero-order valence-corrected chi connectivity index (χ0v) is 11.4. The van der Waals surface area contributed by atoms with Gasteiger partial charge in [-0.1, -0.05) is 5.16 Å². The minimum absolute atomic E-state index is 0.240. The largest absolute Gasteiger partial charge is 0.475 e. The number of aromatic nitrogens is 1. The molecule has 0 radical (unpaired) electrons. The van der Waals surface area contributed by atoms with E-state index in [1.54, 1.807) is 6.92 Å². The summed E-state index contributed by atoms with van der Waals surface area (Å²) in [6.45, 7) is 2.94. The molecule has 0 aliphatic heterocycles. The molecular weight excluding hydrogens is 279 g/mol. The van der Waals surface area contributed by atoms with Gasteiger partial charge in [0, 0.05) is 12.5 Å². The topological polar surface area (TPSA) is 92.4 Å². The maximum atomic E-state index is 13.0. The second-order valence-corrected chi connectivity index (χ2v) is 4.51. The molecule has 0 fully saturated rings. The Morgan fingerprint density at radius 2 is 1.95 bits per heavy atom. The summed E-state index contributed by atoms with van der Waals surface area (Å²) in [5.41, 5.74) is 0.998. The average molecular weight is 292 g/mol. The van der Waals surface area contributed by atoms with E-state index in [1.807, 2.05) is 0 Å². The number of nitrogens with zero attached hydrogens (tertiary/aromatic N) is 1. The number of rotatable bonds is 4. The third-order valence-corrected chi connectivity index (χ3v) is 2.89. The van der Waals surface area contributed by atoms with Gasteiger partial charge in [0.2, 0.25) is 11.7 Å². The van der Waals surface area contributed by atoms with Crippen LogP contribution in [-0.2, 0) is 4.79 Å². The Hall–Kier alpha value is -2.70. The highest BCUT2D eigenvalue weighted by atomic mass is 19.1. The molecule has 21 heavy (non-hydrogen) atoms. The van der Waals surface area contributed by atoms with Crippen molar-refractivity contribution in [2.24, 2.45) is 0 Å². The second kappa shape index (κ2) is 5.74. The molecule has 0 saturated heterocycles. The summed E-state index contributed by atoms with van der Waals surface area (Å²) in [4.78, 5) is 22.4. The number of halogens is 1. The van der Waals surface area contributed by atoms with Crippen molar-refractivity contribution in [3.63, 3.8) is 0 Å². The van der Waals surface area contributed by atoms with Crippen molar-refractivity contribution in [2.45, 2.75) is 19.9 Å². The van der Waals surface area contributed by atoms with E-state index in [9.17, 15) is 14.0 Å². The molecule has 0 saturated carbocycles. The minimum Gasteiger partial charge on any atom is -0.475 e. The van der Waals surface area contributed by atoms with Crippen LogP contribution in [0.5, 0.6) is 0 Å². The van der Waals surface area contributed by atoms with Crippen molar-refractivity contribution in [2.75, 3.05) is 0 Å². The molecule has 1 atom stereocenters. The van der Waals surface area contributed by atoms with E-state index < -0.39 is 17.8 Å². The molecule has 0 bridgehead atoms. The van der Waals surface area contributed by atoms with Gasteiger partial charge in [0.1, 0.15) is 11.5 Å². The van der Waals surface area contributed by atoms with Crippen LogP contribution in [0, 0.1) is 5.82 Å². The van der Waals surface area contributed by atoms with E-state index >= 15 is 0 Å². The highest BCUT2D eigenvalue weighted by Crippen LogP contribution is 2.30. The average Bonchev–Trinajstić information content (AvgIpc) is 2.83. The number of amides is 1. The lowest BCUT2D eigenvalue weighted by Gasteiger charge is -2.12. The molecule has 6 nitrogen and oxygen atoms in total. The molecule has 1 heterocycles. The molecule has 7 heteroatoms. The fourth-order valence-corrected chi connectivity index (χ4v) is 2.05. The van der Waals surface area contributed by atoms with Crippen molar-refractivity contribution in [3.8, 4) is 11.3 Å². The van der Waals surface area contributed by atoms with Gasteiger partial charge in [-0.3, -0.25) is 4.79 Å². The quantitative estimate of drug-likeness (QED) is 0.902. The fourth-order valence-electron chi connectivity index (χ4n) is 2.05. The summed E-state index contributed by atoms with van der Waals surface area (Å²) < 4.78 is 17.8. The maximum Gasteiger partial charge on any atom is 0.375 e. The first kappa shape index (κ1) is 14.7. The van der Waals surface area contributed by atoms with Gasteiger partial charge < -0.3 is 14.9 Å². The van der Waals surface area contributed by atoms with Crippen molar-refractivity contribution < 1.29 is 23.6 Å². The number of benzene rings is 1. The third-order valence-electron chi connectivity index (χ3n) is 2.89. The predicted octanol–water partition coefficient (Wildman–Crippen LogP) is 2.38. The number of hydrogen-bond donors (Lipinski definition) is 2. The van der Waals surface area contributed by atoms with Crippen LogP contribution in [0.25, 0.3) is 11.3 Å². The predicted molar refractivity (Wildman–Crippen MR) is 71.1 cm³/mol. The zero-order valence-electron chi connectivity index (χ0n) is 11.4. The maximum absolute atomic E-state index is 13.0. The van der Waals surface area contributed by atoms with Gasteiger partial charge in [-0.15, -0.1) is 0 Å². The molecule has 110 valence electrons. The first-order valence-electron chi connectivity index (χ1n) is 6.16. The third kappa shape index (κ3) is 3.07. The minimum atomic E-state index is -1.29. The first-order valence-corrected chi connectivity index (χ1v) is 6.16. The molecular formula is C14H13FN2O4. The standard InChI is InChI=1S/C14H13FN2O4/c1-7(16-8(2)18)11-12(17-21-13(11)14(19)20)9-3-5-10(15)6-4-9/h3-7H,1-2H3,(H,16,18)(H,19,20)/t7-/m1/s1. The molecule has 0 unspecified atom stereocenters. The van der Waals surface area contributed by atoms with E-state index in [2.05, 4.69) is 10.5 Å². The van der Waals surface area contributed by atoms with Crippen LogP contribution >= 0.6 is 0 Å². The molecule has 1 aromatic heterocycles.